The van der Waals surface area contributed by atoms with Crippen molar-refractivity contribution in [3.05, 3.63) is 59.1 Å². The average Bonchev–Trinajstić information content (AvgIpc) is 3.06. The zero-order chi connectivity index (χ0) is 16.9. The lowest BCUT2D eigenvalue weighted by Gasteiger charge is -2.09. The van der Waals surface area contributed by atoms with Gasteiger partial charge in [-0.25, -0.2) is 0 Å². The molecule has 0 saturated carbocycles. The second kappa shape index (κ2) is 7.63. The Morgan fingerprint density at radius 2 is 1.83 bits per heavy atom. The van der Waals surface area contributed by atoms with Crippen LogP contribution in [0, 0.1) is 0 Å². The lowest BCUT2D eigenvalue weighted by atomic mass is 10.2. The molecule has 5 nitrogen and oxygen atoms in total. The molecule has 0 aliphatic heterocycles. The summed E-state index contributed by atoms with van der Waals surface area (Å²) in [6.45, 7) is 1.80. The number of nitrogens with zero attached hydrogens (tertiary/aromatic N) is 2. The smallest absolute Gasteiger partial charge is 0.277 e. The van der Waals surface area contributed by atoms with Crippen molar-refractivity contribution < 1.29 is 9.21 Å². The van der Waals surface area contributed by atoms with Crippen molar-refractivity contribution in [3.8, 4) is 11.5 Å². The maximum absolute atomic E-state index is 12.2. The first kappa shape index (κ1) is 16.7. The molecule has 7 heteroatoms. The van der Waals surface area contributed by atoms with E-state index in [0.717, 1.165) is 15.7 Å². The molecule has 0 bridgehead atoms. The van der Waals surface area contributed by atoms with Crippen LogP contribution in [0.3, 0.4) is 0 Å². The minimum atomic E-state index is -0.363. The molecule has 2 aromatic carbocycles. The summed E-state index contributed by atoms with van der Waals surface area (Å²) in [4.78, 5) is 12.2. The Balaban J connectivity index is 1.62. The average molecular weight is 404 g/mol. The van der Waals surface area contributed by atoms with E-state index in [-0.39, 0.29) is 11.2 Å². The summed E-state index contributed by atoms with van der Waals surface area (Å²) < 4.78 is 6.57. The van der Waals surface area contributed by atoms with Crippen LogP contribution in [0.1, 0.15) is 6.92 Å². The Morgan fingerprint density at radius 1 is 1.12 bits per heavy atom. The van der Waals surface area contributed by atoms with Crippen LogP contribution >= 0.6 is 27.7 Å². The highest BCUT2D eigenvalue weighted by Crippen LogP contribution is 2.26. The minimum Gasteiger partial charge on any atom is -0.411 e. The van der Waals surface area contributed by atoms with Crippen LogP contribution in [0.2, 0.25) is 0 Å². The van der Waals surface area contributed by atoms with Gasteiger partial charge in [-0.1, -0.05) is 45.9 Å². The Bertz CT molecular complexity index is 821. The van der Waals surface area contributed by atoms with Crippen molar-refractivity contribution in [2.24, 2.45) is 0 Å². The van der Waals surface area contributed by atoms with Crippen LogP contribution in [0.15, 0.2) is 68.7 Å². The molecule has 0 aliphatic rings. The Labute approximate surface area is 152 Å². The SMILES string of the molecule is CC(Sc1nnc(-c2ccccc2)o1)C(=O)Nc1ccc(Br)cc1. The first-order valence-electron chi connectivity index (χ1n) is 7.24. The highest BCUT2D eigenvalue weighted by Gasteiger charge is 2.18. The molecule has 1 aromatic heterocycles. The number of carbonyl (C=O) groups excluding carboxylic acids is 1. The molecule has 1 heterocycles. The van der Waals surface area contributed by atoms with Crippen molar-refractivity contribution in [1.82, 2.24) is 10.2 Å². The quantitative estimate of drug-likeness (QED) is 0.629. The summed E-state index contributed by atoms with van der Waals surface area (Å²) in [6.07, 6.45) is 0. The Morgan fingerprint density at radius 3 is 2.54 bits per heavy atom. The van der Waals surface area contributed by atoms with E-state index in [9.17, 15) is 4.79 Å². The third-order valence-electron chi connectivity index (χ3n) is 3.19. The maximum Gasteiger partial charge on any atom is 0.277 e. The van der Waals surface area contributed by atoms with Gasteiger partial charge in [0, 0.05) is 15.7 Å². The van der Waals surface area contributed by atoms with Crippen LogP contribution in [0.4, 0.5) is 5.69 Å². The molecule has 0 fully saturated rings. The lowest BCUT2D eigenvalue weighted by molar-refractivity contribution is -0.115. The molecule has 0 aliphatic carbocycles. The van der Waals surface area contributed by atoms with E-state index in [1.807, 2.05) is 54.6 Å². The molecule has 1 atom stereocenters. The molecule has 0 spiro atoms. The largest absolute Gasteiger partial charge is 0.411 e. The lowest BCUT2D eigenvalue weighted by Crippen LogP contribution is -2.22. The minimum absolute atomic E-state index is 0.123. The van der Waals surface area contributed by atoms with Crippen LogP contribution in [-0.4, -0.2) is 21.4 Å². The highest BCUT2D eigenvalue weighted by atomic mass is 79.9. The number of halogens is 1. The normalized spacial score (nSPS) is 11.9. The van der Waals surface area contributed by atoms with Gasteiger partial charge >= 0.3 is 0 Å². The van der Waals surface area contributed by atoms with E-state index >= 15 is 0 Å². The molecule has 0 radical (unpaired) electrons. The molecule has 122 valence electrons. The van der Waals surface area contributed by atoms with Gasteiger partial charge in [0.2, 0.25) is 11.8 Å². The molecule has 1 N–H and O–H groups in total. The molecule has 3 aromatic rings. The van der Waals surface area contributed by atoms with E-state index < -0.39 is 0 Å². The Hall–Kier alpha value is -2.12. The van der Waals surface area contributed by atoms with E-state index in [4.69, 9.17) is 4.42 Å². The molecule has 24 heavy (non-hydrogen) atoms. The van der Waals surface area contributed by atoms with Gasteiger partial charge in [-0.15, -0.1) is 10.2 Å². The van der Waals surface area contributed by atoms with Crippen molar-refractivity contribution in [3.63, 3.8) is 0 Å². The summed E-state index contributed by atoms with van der Waals surface area (Å²) in [5.41, 5.74) is 1.59. The van der Waals surface area contributed by atoms with E-state index in [1.54, 1.807) is 6.92 Å². The number of nitrogens with one attached hydrogen (secondary N) is 1. The number of hydrogen-bond acceptors (Lipinski definition) is 5. The fourth-order valence-corrected chi connectivity index (χ4v) is 2.88. The van der Waals surface area contributed by atoms with Gasteiger partial charge in [0.25, 0.3) is 5.22 Å². The second-order valence-electron chi connectivity index (χ2n) is 5.00. The second-order valence-corrected chi connectivity index (χ2v) is 7.20. The highest BCUT2D eigenvalue weighted by molar-refractivity contribution is 9.10. The monoisotopic (exact) mass is 403 g/mol. The van der Waals surface area contributed by atoms with E-state index in [0.29, 0.717) is 11.1 Å². The van der Waals surface area contributed by atoms with Gasteiger partial charge in [0.1, 0.15) is 0 Å². The molecule has 1 unspecified atom stereocenters. The summed E-state index contributed by atoms with van der Waals surface area (Å²) in [5.74, 6) is 0.320. The number of amides is 1. The first-order chi connectivity index (χ1) is 11.6. The summed E-state index contributed by atoms with van der Waals surface area (Å²) >= 11 is 4.59. The number of anilines is 1. The number of rotatable bonds is 5. The van der Waals surface area contributed by atoms with Crippen LogP contribution in [-0.2, 0) is 4.79 Å². The zero-order valence-corrected chi connectivity index (χ0v) is 15.2. The van der Waals surface area contributed by atoms with E-state index in [1.165, 1.54) is 11.8 Å². The first-order valence-corrected chi connectivity index (χ1v) is 8.91. The number of thioether (sulfide) groups is 1. The summed E-state index contributed by atoms with van der Waals surface area (Å²) in [5, 5.41) is 10.9. The fraction of sp³-hybridized carbons (Fsp3) is 0.118. The maximum atomic E-state index is 12.2. The van der Waals surface area contributed by atoms with Gasteiger partial charge in [0.05, 0.1) is 5.25 Å². The predicted octanol–water partition coefficient (Wildman–Crippen LogP) is 4.62. The molecule has 0 saturated heterocycles. The van der Waals surface area contributed by atoms with Crippen molar-refractivity contribution in [2.75, 3.05) is 5.32 Å². The molecule has 3 rings (SSSR count). The number of aromatic nitrogens is 2. The van der Waals surface area contributed by atoms with Gasteiger partial charge < -0.3 is 9.73 Å². The third kappa shape index (κ3) is 4.24. The topological polar surface area (TPSA) is 68.0 Å². The van der Waals surface area contributed by atoms with Crippen LogP contribution in [0.25, 0.3) is 11.5 Å². The summed E-state index contributed by atoms with van der Waals surface area (Å²) in [6, 6.07) is 16.9. The van der Waals surface area contributed by atoms with E-state index in [2.05, 4.69) is 31.4 Å². The summed E-state index contributed by atoms with van der Waals surface area (Å²) in [7, 11) is 0. The zero-order valence-electron chi connectivity index (χ0n) is 12.8. The van der Waals surface area contributed by atoms with Crippen molar-refractivity contribution in [2.45, 2.75) is 17.4 Å². The van der Waals surface area contributed by atoms with Gasteiger partial charge in [-0.2, -0.15) is 0 Å². The number of hydrogen-bond donors (Lipinski definition) is 1. The van der Waals surface area contributed by atoms with Crippen LogP contribution < -0.4 is 5.32 Å². The molecular weight excluding hydrogens is 390 g/mol. The van der Waals surface area contributed by atoms with Crippen molar-refractivity contribution in [1.29, 1.82) is 0 Å². The van der Waals surface area contributed by atoms with Gasteiger partial charge in [-0.05, 0) is 43.3 Å². The predicted molar refractivity (Wildman–Crippen MR) is 97.8 cm³/mol. The van der Waals surface area contributed by atoms with Gasteiger partial charge in [-0.3, -0.25) is 4.79 Å². The third-order valence-corrected chi connectivity index (χ3v) is 4.65. The van der Waals surface area contributed by atoms with Crippen LogP contribution in [0.5, 0.6) is 0 Å². The number of carbonyl (C=O) groups is 1. The van der Waals surface area contributed by atoms with Crippen molar-refractivity contribution >= 4 is 39.3 Å². The Kier molecular flexibility index (Phi) is 5.32. The fourth-order valence-electron chi connectivity index (χ4n) is 1.94. The number of benzene rings is 2. The van der Waals surface area contributed by atoms with Gasteiger partial charge in [0.15, 0.2) is 0 Å². The molecular formula is C17H14BrN3O2S. The standard InChI is InChI=1S/C17H14BrN3O2S/c1-11(15(22)19-14-9-7-13(18)8-10-14)24-17-21-20-16(23-17)12-5-3-2-4-6-12/h2-11H,1H3,(H,19,22). The molecule has 1 amide bonds.